The van der Waals surface area contributed by atoms with E-state index < -0.39 is 17.7 Å². The summed E-state index contributed by atoms with van der Waals surface area (Å²) in [5.74, 6) is -1.06. The summed E-state index contributed by atoms with van der Waals surface area (Å²) in [6.45, 7) is 3.57. The lowest BCUT2D eigenvalue weighted by Crippen LogP contribution is -2.40. The molecule has 0 unspecified atom stereocenters. The van der Waals surface area contributed by atoms with Crippen molar-refractivity contribution in [2.24, 2.45) is 5.92 Å². The molecule has 1 aliphatic heterocycles. The van der Waals surface area contributed by atoms with E-state index in [1.54, 1.807) is 98.0 Å². The predicted octanol–water partition coefficient (Wildman–Crippen LogP) is 5.02. The van der Waals surface area contributed by atoms with E-state index in [-0.39, 0.29) is 78.7 Å². The van der Waals surface area contributed by atoms with Crippen LogP contribution in [0.1, 0.15) is 57.1 Å². The molecule has 7 rings (SSSR count). The molecule has 2 atom stereocenters. The molecule has 338 valence electrons. The molecule has 2 heterocycles. The Bertz CT molecular complexity index is 2600. The molecule has 0 aliphatic carbocycles. The van der Waals surface area contributed by atoms with Crippen LogP contribution in [0.4, 0.5) is 0 Å². The largest absolute Gasteiger partial charge is 0.506 e. The summed E-state index contributed by atoms with van der Waals surface area (Å²) < 4.78 is 11.7. The number of aliphatic hydroxyl groups is 2. The Morgan fingerprint density at radius 1 is 0.862 bits per heavy atom. The Balaban J connectivity index is 0.850. The lowest BCUT2D eigenvalue weighted by atomic mass is 9.86. The van der Waals surface area contributed by atoms with Crippen LogP contribution in [0.15, 0.2) is 138 Å². The molecule has 0 spiro atoms. The number of aromatic amines is 1. The second-order valence-electron chi connectivity index (χ2n) is 16.4. The number of esters is 1. The number of aromatic nitrogens is 1. The Hall–Kier alpha value is -6.84. The third-order valence-electron chi connectivity index (χ3n) is 11.8. The molecule has 6 N–H and O–H groups in total. The van der Waals surface area contributed by atoms with Gasteiger partial charge in [0.1, 0.15) is 11.5 Å². The van der Waals surface area contributed by atoms with Gasteiger partial charge in [-0.15, -0.1) is 0 Å². The van der Waals surface area contributed by atoms with Gasteiger partial charge < -0.3 is 45.3 Å². The van der Waals surface area contributed by atoms with E-state index in [0.717, 1.165) is 38.0 Å². The molecular weight excluding hydrogens is 827 g/mol. The van der Waals surface area contributed by atoms with E-state index in [2.05, 4.69) is 32.7 Å². The number of piperidine rings is 1. The van der Waals surface area contributed by atoms with Crippen molar-refractivity contribution in [1.82, 2.24) is 25.4 Å². The van der Waals surface area contributed by atoms with E-state index in [9.17, 15) is 34.5 Å². The number of H-pyrrole nitrogens is 1. The maximum absolute atomic E-state index is 13.8. The molecule has 14 nitrogen and oxygen atoms in total. The molecular formula is C51H55N5O9. The summed E-state index contributed by atoms with van der Waals surface area (Å²) in [4.78, 5) is 58.0. The number of ether oxygens (including phenoxy) is 2. The second-order valence-corrected chi connectivity index (χ2v) is 16.4. The van der Waals surface area contributed by atoms with Gasteiger partial charge in [0.2, 0.25) is 11.2 Å². The first-order valence-corrected chi connectivity index (χ1v) is 21.8. The number of fused-ring (bicyclic) bond motifs is 1. The lowest BCUT2D eigenvalue weighted by Gasteiger charge is -2.33. The van der Waals surface area contributed by atoms with Crippen LogP contribution in [0.3, 0.4) is 0 Å². The van der Waals surface area contributed by atoms with Gasteiger partial charge in [-0.3, -0.25) is 19.3 Å². The van der Waals surface area contributed by atoms with Gasteiger partial charge in [-0.1, -0.05) is 91.0 Å². The first-order valence-electron chi connectivity index (χ1n) is 21.8. The topological polar surface area (TPSA) is 194 Å². The number of likely N-dealkylation sites (N-methyl/N-ethyl adjacent to an activating group) is 1. The zero-order chi connectivity index (χ0) is 45.8. The van der Waals surface area contributed by atoms with Crippen molar-refractivity contribution in [3.8, 4) is 11.5 Å². The summed E-state index contributed by atoms with van der Waals surface area (Å²) in [5, 5.41) is 39.7. The van der Waals surface area contributed by atoms with Gasteiger partial charge in [0.05, 0.1) is 18.2 Å². The number of phenolic OH excluding ortho intramolecular Hbond substituents is 1. The van der Waals surface area contributed by atoms with Gasteiger partial charge in [-0.25, -0.2) is 4.79 Å². The highest BCUT2D eigenvalue weighted by atomic mass is 16.5. The number of phenols is 1. The first kappa shape index (κ1) is 46.2. The molecule has 1 fully saturated rings. The number of rotatable bonds is 19. The van der Waals surface area contributed by atoms with Crippen LogP contribution < -0.4 is 20.9 Å². The Labute approximate surface area is 377 Å². The number of amides is 2. The number of likely N-dealkylation sites (tertiary alicyclic amines) is 1. The number of pyridine rings is 1. The number of nitrogens with zero attached hydrogens (tertiary/aromatic N) is 2. The molecule has 5 aromatic carbocycles. The van der Waals surface area contributed by atoms with E-state index in [4.69, 9.17) is 9.47 Å². The van der Waals surface area contributed by atoms with Crippen LogP contribution in [0, 0.1) is 5.92 Å². The van der Waals surface area contributed by atoms with Gasteiger partial charge in [-0.2, -0.15) is 0 Å². The highest BCUT2D eigenvalue weighted by Gasteiger charge is 2.42. The second kappa shape index (κ2) is 21.7. The monoisotopic (exact) mass is 881 g/mol. The average molecular weight is 882 g/mol. The van der Waals surface area contributed by atoms with E-state index in [0.29, 0.717) is 28.6 Å². The molecule has 0 radical (unpaired) electrons. The van der Waals surface area contributed by atoms with Crippen molar-refractivity contribution in [3.05, 3.63) is 177 Å². The number of nitrogens with one attached hydrogen (secondary N) is 3. The number of aliphatic hydroxyl groups excluding tert-OH is 1. The molecule has 65 heavy (non-hydrogen) atoms. The fourth-order valence-electron chi connectivity index (χ4n) is 7.95. The van der Waals surface area contributed by atoms with Crippen LogP contribution in [0.5, 0.6) is 11.5 Å². The molecule has 0 bridgehead atoms. The molecule has 1 aromatic heterocycles. The minimum Gasteiger partial charge on any atom is -0.506 e. The van der Waals surface area contributed by atoms with Crippen LogP contribution in [-0.2, 0) is 33.0 Å². The van der Waals surface area contributed by atoms with E-state index in [1.165, 1.54) is 22.6 Å². The smallest absolute Gasteiger partial charge is 0.347 e. The summed E-state index contributed by atoms with van der Waals surface area (Å²) >= 11 is 0. The summed E-state index contributed by atoms with van der Waals surface area (Å²) in [7, 11) is 1.61. The minimum absolute atomic E-state index is 0.0791. The van der Waals surface area contributed by atoms with Crippen LogP contribution in [-0.4, -0.2) is 101 Å². The van der Waals surface area contributed by atoms with Gasteiger partial charge in [0, 0.05) is 62.4 Å². The fourth-order valence-corrected chi connectivity index (χ4v) is 7.95. The highest BCUT2D eigenvalue weighted by Crippen LogP contribution is 2.34. The summed E-state index contributed by atoms with van der Waals surface area (Å²) in [6, 6.07) is 38.4. The first-order chi connectivity index (χ1) is 31.5. The zero-order valence-corrected chi connectivity index (χ0v) is 36.3. The minimum atomic E-state index is -2.12. The number of aromatic hydroxyl groups is 1. The van der Waals surface area contributed by atoms with E-state index in [1.807, 2.05) is 18.2 Å². The number of benzene rings is 5. The molecule has 2 amide bonds. The van der Waals surface area contributed by atoms with Crippen molar-refractivity contribution in [2.45, 2.75) is 37.6 Å². The number of carbonyl (C=O) groups excluding carboxylic acids is 3. The summed E-state index contributed by atoms with van der Waals surface area (Å²) in [5.41, 5.74) is 1.53. The fraction of sp³-hybridized carbons (Fsp3) is 0.294. The Morgan fingerprint density at radius 3 is 2.31 bits per heavy atom. The number of hydrogen-bond donors (Lipinski definition) is 6. The van der Waals surface area contributed by atoms with Crippen molar-refractivity contribution in [3.63, 3.8) is 0 Å². The van der Waals surface area contributed by atoms with Crippen LogP contribution in [0.2, 0.25) is 0 Å². The molecule has 0 saturated carbocycles. The maximum Gasteiger partial charge on any atom is 0.347 e. The maximum atomic E-state index is 13.8. The SMILES string of the molecule is CN(CCNC(=O)c1ccc(CNC[C@H](O)c2ccc(O)c3[nH]c(=O)ccc23)cc1)C(=O)COc1cccc([C@](O)(C(=O)OCC2CCN(Cc3ccccc3)CC2)c2ccccc2)c1. The van der Waals surface area contributed by atoms with Crippen molar-refractivity contribution in [1.29, 1.82) is 0 Å². The average Bonchev–Trinajstić information content (AvgIpc) is 3.33. The Kier molecular flexibility index (Phi) is 15.4. The quantitative estimate of drug-likeness (QED) is 0.0599. The molecule has 1 saturated heterocycles. The van der Waals surface area contributed by atoms with Crippen molar-refractivity contribution in [2.75, 3.05) is 53.0 Å². The van der Waals surface area contributed by atoms with Gasteiger partial charge >= 0.3 is 5.97 Å². The standard InChI is InChI=1S/C51H55N5O9/c1-55(28-25-53-49(61)38-17-15-35(16-18-38)30-52-31-45(58)42-19-21-44(57)48-43(42)20-22-46(59)54-48)47(60)34-64-41-14-8-13-40(29-41)51(63,39-11-6-3-7-12-39)50(62)65-33-37-23-26-56(27-24-37)32-36-9-4-2-5-10-36/h2-22,29,37,45,52,57-58,63H,23-28,30-34H2,1H3,(H,53,61)(H,54,59)/t45-,51-/m0/s1. The normalized spacial score (nSPS) is 14.6. The highest BCUT2D eigenvalue weighted by molar-refractivity contribution is 5.94. The Morgan fingerprint density at radius 2 is 1.57 bits per heavy atom. The van der Waals surface area contributed by atoms with Crippen molar-refractivity contribution >= 4 is 28.7 Å². The number of hydrogen-bond acceptors (Lipinski definition) is 11. The molecule has 6 aromatic rings. The van der Waals surface area contributed by atoms with Crippen LogP contribution in [0.25, 0.3) is 10.9 Å². The van der Waals surface area contributed by atoms with E-state index >= 15 is 0 Å². The third-order valence-corrected chi connectivity index (χ3v) is 11.8. The predicted molar refractivity (Wildman–Crippen MR) is 246 cm³/mol. The van der Waals surface area contributed by atoms with Crippen LogP contribution >= 0.6 is 0 Å². The molecule has 14 heteroatoms. The van der Waals surface area contributed by atoms with Gasteiger partial charge in [0.15, 0.2) is 6.61 Å². The summed E-state index contributed by atoms with van der Waals surface area (Å²) in [6.07, 6.45) is 0.843. The number of carbonyl (C=O) groups is 3. The van der Waals surface area contributed by atoms with Crippen molar-refractivity contribution < 1.29 is 39.2 Å². The van der Waals surface area contributed by atoms with Gasteiger partial charge in [-0.05, 0) is 90.5 Å². The molecule has 1 aliphatic rings. The third kappa shape index (κ3) is 11.8. The zero-order valence-electron chi connectivity index (χ0n) is 36.3. The lowest BCUT2D eigenvalue weighted by molar-refractivity contribution is -0.164. The van der Waals surface area contributed by atoms with Gasteiger partial charge in [0.25, 0.3) is 11.8 Å².